The van der Waals surface area contributed by atoms with Gasteiger partial charge in [0.15, 0.2) is 0 Å². The molecule has 14 nitrogen and oxygen atoms in total. The molecule has 0 aromatic rings. The largest absolute Gasteiger partial charge is 0.447 e. The first-order valence-electron chi connectivity index (χ1n) is 11.0. The lowest BCUT2D eigenvalue weighted by atomic mass is 10.2. The molecule has 39 heavy (non-hydrogen) atoms. The van der Waals surface area contributed by atoms with Gasteiger partial charge < -0.3 is 39.1 Å². The zero-order valence-corrected chi connectivity index (χ0v) is 20.8. The lowest BCUT2D eigenvalue weighted by Gasteiger charge is -2.18. The van der Waals surface area contributed by atoms with E-state index in [9.17, 15) is 24.0 Å². The standard InChI is InChI=1S/C16H30N2O8.C5H7NO3.4CH4/c1-13(19)5-4-8-24-14(11-25-15(20)17-6-9-22-2)12-26-16(21)18-7-10-23-3;1-9-6-4(7)2-3-5(6)8;;;;/h14H,4-12H2,1-3H3,(H,17,20)(H,18,21);2-3H2,1H3;4*1H4. The van der Waals surface area contributed by atoms with E-state index >= 15 is 0 Å². The SMILES string of the molecule is C.C.C.C.COCCNC(=O)OCC(COC(=O)NCCOC)OCCCC(C)=O.CON1C(=O)CCC1=O. The van der Waals surface area contributed by atoms with Crippen LogP contribution in [0, 0.1) is 0 Å². The van der Waals surface area contributed by atoms with Crippen LogP contribution in [-0.4, -0.2) is 108 Å². The normalized spacial score (nSPS) is 11.5. The second-order valence-electron chi connectivity index (χ2n) is 7.10. The number of carbonyl (C=O) groups excluding carboxylic acids is 5. The van der Waals surface area contributed by atoms with E-state index in [0.717, 1.165) is 5.06 Å². The summed E-state index contributed by atoms with van der Waals surface area (Å²) in [6, 6.07) is 0. The summed E-state index contributed by atoms with van der Waals surface area (Å²) >= 11 is 0. The molecule has 1 saturated heterocycles. The predicted octanol–water partition coefficient (Wildman–Crippen LogP) is 2.73. The summed E-state index contributed by atoms with van der Waals surface area (Å²) in [6.07, 6.45) is -0.384. The molecule has 0 aromatic heterocycles. The molecular formula is C25H53N3O11. The van der Waals surface area contributed by atoms with E-state index in [0.29, 0.717) is 39.1 Å². The third kappa shape index (κ3) is 25.2. The minimum Gasteiger partial charge on any atom is -0.447 e. The van der Waals surface area contributed by atoms with Gasteiger partial charge in [-0.05, 0) is 13.3 Å². The number of carbonyl (C=O) groups is 5. The average molecular weight is 572 g/mol. The third-order valence-corrected chi connectivity index (χ3v) is 4.17. The number of hydrogen-bond donors (Lipinski definition) is 2. The van der Waals surface area contributed by atoms with Crippen molar-refractivity contribution in [3.8, 4) is 0 Å². The number of rotatable bonds is 16. The molecular weight excluding hydrogens is 518 g/mol. The Hall–Kier alpha value is -2.81. The second-order valence-corrected chi connectivity index (χ2v) is 7.10. The van der Waals surface area contributed by atoms with Gasteiger partial charge in [0.1, 0.15) is 25.1 Å². The van der Waals surface area contributed by atoms with E-state index in [-0.39, 0.29) is 80.0 Å². The van der Waals surface area contributed by atoms with Crippen LogP contribution in [0.15, 0.2) is 0 Å². The Kier molecular flexibility index (Phi) is 35.1. The van der Waals surface area contributed by atoms with Gasteiger partial charge >= 0.3 is 12.2 Å². The monoisotopic (exact) mass is 571 g/mol. The Bertz CT molecular complexity index is 621. The van der Waals surface area contributed by atoms with Crippen LogP contribution in [0.1, 0.15) is 62.3 Å². The van der Waals surface area contributed by atoms with Crippen molar-refractivity contribution in [2.24, 2.45) is 0 Å². The Morgan fingerprint density at radius 3 is 1.56 bits per heavy atom. The average Bonchev–Trinajstić information content (AvgIpc) is 3.15. The molecule has 4 amide bonds. The zero-order valence-electron chi connectivity index (χ0n) is 20.8. The quantitative estimate of drug-likeness (QED) is 0.206. The van der Waals surface area contributed by atoms with Gasteiger partial charge in [0, 0.05) is 53.2 Å². The van der Waals surface area contributed by atoms with Gasteiger partial charge in [0.05, 0.1) is 20.3 Å². The lowest BCUT2D eigenvalue weighted by molar-refractivity contribution is -0.179. The summed E-state index contributed by atoms with van der Waals surface area (Å²) < 4.78 is 25.2. The molecule has 0 unspecified atom stereocenters. The lowest BCUT2D eigenvalue weighted by Crippen LogP contribution is -2.35. The Balaban J connectivity index is -0.000000252. The summed E-state index contributed by atoms with van der Waals surface area (Å²) in [7, 11) is 4.35. The number of Topliss-reactive ketones (excluding diaryl/α,β-unsaturated/α-hetero) is 1. The van der Waals surface area contributed by atoms with Crippen LogP contribution in [0.2, 0.25) is 0 Å². The summed E-state index contributed by atoms with van der Waals surface area (Å²) in [5.74, 6) is -0.433. The van der Waals surface area contributed by atoms with Crippen molar-refractivity contribution in [1.82, 2.24) is 15.7 Å². The van der Waals surface area contributed by atoms with E-state index in [1.165, 1.54) is 28.3 Å². The molecule has 0 bridgehead atoms. The number of ketones is 1. The minimum atomic E-state index is -0.636. The Morgan fingerprint density at radius 1 is 0.795 bits per heavy atom. The molecule has 0 spiro atoms. The Morgan fingerprint density at radius 2 is 1.23 bits per heavy atom. The highest BCUT2D eigenvalue weighted by molar-refractivity contribution is 6.00. The summed E-state index contributed by atoms with van der Waals surface area (Å²) in [5, 5.41) is 5.79. The number of hydrogen-bond acceptors (Lipinski definition) is 11. The van der Waals surface area contributed by atoms with Crippen LogP contribution >= 0.6 is 0 Å². The molecule has 1 aliphatic rings. The molecule has 0 aliphatic carbocycles. The molecule has 0 atom stereocenters. The van der Waals surface area contributed by atoms with Crippen LogP contribution in [-0.2, 0) is 42.9 Å². The fourth-order valence-corrected chi connectivity index (χ4v) is 2.42. The van der Waals surface area contributed by atoms with Gasteiger partial charge in [-0.15, -0.1) is 0 Å². The zero-order chi connectivity index (χ0) is 26.5. The molecule has 1 aliphatic heterocycles. The first-order chi connectivity index (χ1) is 16.7. The smallest absolute Gasteiger partial charge is 0.407 e. The van der Waals surface area contributed by atoms with Crippen LogP contribution in [0.5, 0.6) is 0 Å². The van der Waals surface area contributed by atoms with Crippen molar-refractivity contribution in [1.29, 1.82) is 0 Å². The van der Waals surface area contributed by atoms with Gasteiger partial charge in [-0.1, -0.05) is 29.7 Å². The number of ether oxygens (including phenoxy) is 5. The number of nitrogens with one attached hydrogen (secondary N) is 2. The van der Waals surface area contributed by atoms with Gasteiger partial charge in [-0.3, -0.25) is 14.4 Å². The van der Waals surface area contributed by atoms with Gasteiger partial charge in [0.25, 0.3) is 11.8 Å². The van der Waals surface area contributed by atoms with Crippen LogP contribution in [0.4, 0.5) is 9.59 Å². The fourth-order valence-electron chi connectivity index (χ4n) is 2.42. The van der Waals surface area contributed by atoms with E-state index in [1.807, 2.05) is 0 Å². The Labute approximate surface area is 234 Å². The van der Waals surface area contributed by atoms with Gasteiger partial charge in [0.2, 0.25) is 0 Å². The number of amides is 4. The van der Waals surface area contributed by atoms with Crippen molar-refractivity contribution in [2.75, 3.05) is 67.5 Å². The molecule has 0 saturated carbocycles. The molecule has 0 aromatic carbocycles. The molecule has 14 heteroatoms. The second kappa shape index (κ2) is 29.7. The summed E-state index contributed by atoms with van der Waals surface area (Å²) in [6.45, 7) is 2.96. The highest BCUT2D eigenvalue weighted by atomic mass is 16.7. The van der Waals surface area contributed by atoms with Crippen molar-refractivity contribution in [3.05, 3.63) is 0 Å². The van der Waals surface area contributed by atoms with E-state index in [2.05, 4.69) is 15.5 Å². The maximum absolute atomic E-state index is 11.5. The van der Waals surface area contributed by atoms with Crippen LogP contribution < -0.4 is 10.6 Å². The van der Waals surface area contributed by atoms with Gasteiger partial charge in [-0.25, -0.2) is 9.59 Å². The minimum absolute atomic E-state index is 0. The molecule has 0 radical (unpaired) electrons. The van der Waals surface area contributed by atoms with Crippen molar-refractivity contribution in [2.45, 2.75) is 68.4 Å². The molecule has 1 heterocycles. The molecule has 1 rings (SSSR count). The molecule has 234 valence electrons. The number of alkyl carbamates (subject to hydrolysis) is 2. The predicted molar refractivity (Wildman–Crippen MR) is 147 cm³/mol. The highest BCUT2D eigenvalue weighted by Gasteiger charge is 2.28. The first kappa shape index (κ1) is 46.1. The van der Waals surface area contributed by atoms with Crippen LogP contribution in [0.25, 0.3) is 0 Å². The third-order valence-electron chi connectivity index (χ3n) is 4.17. The number of methoxy groups -OCH3 is 2. The van der Waals surface area contributed by atoms with Crippen molar-refractivity contribution >= 4 is 29.8 Å². The van der Waals surface area contributed by atoms with E-state index in [4.69, 9.17) is 23.7 Å². The van der Waals surface area contributed by atoms with Crippen molar-refractivity contribution < 1.29 is 52.5 Å². The molecule has 2 N–H and O–H groups in total. The van der Waals surface area contributed by atoms with Gasteiger partial charge in [-0.2, -0.15) is 5.06 Å². The van der Waals surface area contributed by atoms with E-state index < -0.39 is 18.3 Å². The number of nitrogens with zero attached hydrogens (tertiary/aromatic N) is 1. The van der Waals surface area contributed by atoms with Crippen molar-refractivity contribution in [3.63, 3.8) is 0 Å². The van der Waals surface area contributed by atoms with E-state index in [1.54, 1.807) is 0 Å². The molecule has 1 fully saturated rings. The van der Waals surface area contributed by atoms with Crippen LogP contribution in [0.3, 0.4) is 0 Å². The summed E-state index contributed by atoms with van der Waals surface area (Å²) in [5.41, 5.74) is 0. The number of imide groups is 1. The number of hydroxylamine groups is 2. The summed E-state index contributed by atoms with van der Waals surface area (Å²) in [4.78, 5) is 59.7. The fraction of sp³-hybridized carbons (Fsp3) is 0.800. The maximum atomic E-state index is 11.5. The first-order valence-corrected chi connectivity index (χ1v) is 11.0. The highest BCUT2D eigenvalue weighted by Crippen LogP contribution is 2.10. The topological polar surface area (TPSA) is 168 Å². The maximum Gasteiger partial charge on any atom is 0.407 e.